The van der Waals surface area contributed by atoms with Crippen molar-refractivity contribution in [2.24, 2.45) is 0 Å². The molecule has 0 aliphatic heterocycles. The lowest BCUT2D eigenvalue weighted by Crippen LogP contribution is -2.06. The summed E-state index contributed by atoms with van der Waals surface area (Å²) in [5, 5.41) is 3.32. The minimum absolute atomic E-state index is 0.0754. The lowest BCUT2D eigenvalue weighted by Gasteiger charge is -2.08. The molecule has 0 aliphatic carbocycles. The zero-order valence-electron chi connectivity index (χ0n) is 14.5. The van der Waals surface area contributed by atoms with Gasteiger partial charge in [0.05, 0.1) is 23.8 Å². The highest BCUT2D eigenvalue weighted by molar-refractivity contribution is 7.13. The molecule has 26 heavy (non-hydrogen) atoms. The molecular formula is C21H17NO3S. The van der Waals surface area contributed by atoms with Crippen LogP contribution in [0.5, 0.6) is 5.75 Å². The van der Waals surface area contributed by atoms with Crippen LogP contribution in [-0.2, 0) is 6.42 Å². The summed E-state index contributed by atoms with van der Waals surface area (Å²) in [7, 11) is 1.62. The number of thiazole rings is 1. The molecule has 0 saturated carbocycles. The maximum Gasteiger partial charge on any atom is 0.202 e. The van der Waals surface area contributed by atoms with Crippen LogP contribution in [0.15, 0.2) is 63.3 Å². The molecular weight excluding hydrogens is 346 g/mol. The van der Waals surface area contributed by atoms with E-state index in [2.05, 4.69) is 4.98 Å². The summed E-state index contributed by atoms with van der Waals surface area (Å²) in [6.45, 7) is 2.03. The Morgan fingerprint density at radius 1 is 1.19 bits per heavy atom. The number of nitrogens with zero attached hydrogens (tertiary/aromatic N) is 1. The molecule has 0 atom stereocenters. The van der Waals surface area contributed by atoms with Gasteiger partial charge in [-0.25, -0.2) is 4.98 Å². The molecule has 4 nitrogen and oxygen atoms in total. The summed E-state index contributed by atoms with van der Waals surface area (Å²) < 4.78 is 11.1. The van der Waals surface area contributed by atoms with Crippen LogP contribution in [0.4, 0.5) is 0 Å². The predicted molar refractivity (Wildman–Crippen MR) is 105 cm³/mol. The fraction of sp³-hybridized carbons (Fsp3) is 0.143. The van der Waals surface area contributed by atoms with E-state index < -0.39 is 0 Å². The molecule has 2 aromatic carbocycles. The molecule has 0 radical (unpaired) electrons. The average molecular weight is 363 g/mol. The lowest BCUT2D eigenvalue weighted by molar-refractivity contribution is 0.409. The van der Waals surface area contributed by atoms with E-state index in [1.54, 1.807) is 13.2 Å². The van der Waals surface area contributed by atoms with E-state index in [9.17, 15) is 4.79 Å². The first-order chi connectivity index (χ1) is 12.7. The molecule has 0 bridgehead atoms. The molecule has 5 heteroatoms. The third kappa shape index (κ3) is 2.80. The van der Waals surface area contributed by atoms with E-state index in [1.165, 1.54) is 17.6 Å². The van der Waals surface area contributed by atoms with Crippen LogP contribution >= 0.6 is 11.3 Å². The Bertz CT molecular complexity index is 1130. The van der Waals surface area contributed by atoms with Crippen LogP contribution in [0.3, 0.4) is 0 Å². The van der Waals surface area contributed by atoms with Gasteiger partial charge in [0.2, 0.25) is 5.43 Å². The number of aromatic nitrogens is 1. The molecule has 0 spiro atoms. The van der Waals surface area contributed by atoms with Gasteiger partial charge in [0.15, 0.2) is 0 Å². The van der Waals surface area contributed by atoms with Crippen molar-refractivity contribution in [1.82, 2.24) is 4.98 Å². The maximum atomic E-state index is 13.0. The Labute approximate surface area is 154 Å². The third-order valence-electron chi connectivity index (χ3n) is 4.36. The topological polar surface area (TPSA) is 52.3 Å². The van der Waals surface area contributed by atoms with Crippen LogP contribution in [0.2, 0.25) is 0 Å². The van der Waals surface area contributed by atoms with Gasteiger partial charge in [-0.05, 0) is 18.1 Å². The summed E-state index contributed by atoms with van der Waals surface area (Å²) in [5.74, 6) is 0.732. The zero-order valence-corrected chi connectivity index (χ0v) is 15.3. The van der Waals surface area contributed by atoms with Gasteiger partial charge in [0.25, 0.3) is 0 Å². The summed E-state index contributed by atoms with van der Waals surface area (Å²) in [4.78, 5) is 17.6. The number of ether oxygens (including phenoxy) is 1. The van der Waals surface area contributed by atoms with Crippen molar-refractivity contribution in [3.05, 3.63) is 69.9 Å². The van der Waals surface area contributed by atoms with Crippen molar-refractivity contribution in [3.8, 4) is 27.6 Å². The smallest absolute Gasteiger partial charge is 0.202 e. The highest BCUT2D eigenvalue weighted by atomic mass is 32.1. The van der Waals surface area contributed by atoms with Gasteiger partial charge in [0, 0.05) is 17.0 Å². The van der Waals surface area contributed by atoms with Crippen molar-refractivity contribution < 1.29 is 9.15 Å². The molecule has 0 saturated heterocycles. The predicted octanol–water partition coefficient (Wildman–Crippen LogP) is 5.15. The van der Waals surface area contributed by atoms with E-state index in [0.29, 0.717) is 22.2 Å². The number of hydrogen-bond donors (Lipinski definition) is 0. The molecule has 2 heterocycles. The Morgan fingerprint density at radius 3 is 2.73 bits per heavy atom. The highest BCUT2D eigenvalue weighted by Gasteiger charge is 2.15. The molecule has 4 aromatic rings. The minimum atomic E-state index is -0.0754. The number of fused-ring (bicyclic) bond motifs is 1. The molecule has 0 amide bonds. The van der Waals surface area contributed by atoms with Crippen LogP contribution in [0.25, 0.3) is 32.8 Å². The molecule has 0 unspecified atom stereocenters. The second kappa shape index (κ2) is 6.77. The van der Waals surface area contributed by atoms with E-state index in [4.69, 9.17) is 9.15 Å². The monoisotopic (exact) mass is 363 g/mol. The second-order valence-electron chi connectivity index (χ2n) is 5.90. The fourth-order valence-electron chi connectivity index (χ4n) is 2.96. The summed E-state index contributed by atoms with van der Waals surface area (Å²) in [6.07, 6.45) is 2.26. The molecule has 0 fully saturated rings. The number of methoxy groups -OCH3 is 1. The Morgan fingerprint density at radius 2 is 2.00 bits per heavy atom. The Hall–Kier alpha value is -2.92. The van der Waals surface area contributed by atoms with Crippen LogP contribution in [-0.4, -0.2) is 12.1 Å². The fourth-order valence-corrected chi connectivity index (χ4v) is 3.78. The average Bonchev–Trinajstić information content (AvgIpc) is 3.18. The molecule has 4 rings (SSSR count). The van der Waals surface area contributed by atoms with Crippen LogP contribution in [0.1, 0.15) is 12.5 Å². The minimum Gasteiger partial charge on any atom is -0.496 e. The first-order valence-electron chi connectivity index (χ1n) is 8.35. The van der Waals surface area contributed by atoms with E-state index in [-0.39, 0.29) is 5.43 Å². The summed E-state index contributed by atoms with van der Waals surface area (Å²) >= 11 is 1.51. The number of rotatable bonds is 4. The highest BCUT2D eigenvalue weighted by Crippen LogP contribution is 2.30. The second-order valence-corrected chi connectivity index (χ2v) is 6.75. The van der Waals surface area contributed by atoms with E-state index in [1.807, 2.05) is 48.7 Å². The zero-order chi connectivity index (χ0) is 18.1. The molecule has 0 N–H and O–H groups in total. The standard InChI is InChI=1S/C21H17NO3S/c1-3-13-9-15-19(10-18(13)24-2)25-11-16(20(15)23)17-12-26-21(22-17)14-7-5-4-6-8-14/h4-12H,3H2,1-2H3. The van der Waals surface area contributed by atoms with Gasteiger partial charge in [-0.3, -0.25) is 4.79 Å². The Kier molecular flexibility index (Phi) is 4.31. The Balaban J connectivity index is 1.84. The van der Waals surface area contributed by atoms with Crippen molar-refractivity contribution in [2.75, 3.05) is 7.11 Å². The van der Waals surface area contributed by atoms with Crippen molar-refractivity contribution in [1.29, 1.82) is 0 Å². The van der Waals surface area contributed by atoms with Gasteiger partial charge < -0.3 is 9.15 Å². The van der Waals surface area contributed by atoms with Crippen LogP contribution in [0, 0.1) is 0 Å². The third-order valence-corrected chi connectivity index (χ3v) is 5.25. The first kappa shape index (κ1) is 16.5. The van der Waals surface area contributed by atoms with Gasteiger partial charge in [-0.1, -0.05) is 37.3 Å². The van der Waals surface area contributed by atoms with Crippen LogP contribution < -0.4 is 10.2 Å². The van der Waals surface area contributed by atoms with E-state index >= 15 is 0 Å². The summed E-state index contributed by atoms with van der Waals surface area (Å²) in [5.41, 5.74) is 3.57. The summed E-state index contributed by atoms with van der Waals surface area (Å²) in [6, 6.07) is 13.6. The van der Waals surface area contributed by atoms with Gasteiger partial charge in [0.1, 0.15) is 22.6 Å². The van der Waals surface area contributed by atoms with Gasteiger partial charge in [-0.15, -0.1) is 11.3 Å². The number of hydrogen-bond acceptors (Lipinski definition) is 5. The SMILES string of the molecule is CCc1cc2c(=O)c(-c3csc(-c4ccccc4)n3)coc2cc1OC. The van der Waals surface area contributed by atoms with Gasteiger partial charge >= 0.3 is 0 Å². The largest absolute Gasteiger partial charge is 0.496 e. The maximum absolute atomic E-state index is 13.0. The first-order valence-corrected chi connectivity index (χ1v) is 9.23. The van der Waals surface area contributed by atoms with Crippen molar-refractivity contribution in [3.63, 3.8) is 0 Å². The number of benzene rings is 2. The van der Waals surface area contributed by atoms with Crippen molar-refractivity contribution >= 4 is 22.3 Å². The molecule has 2 aromatic heterocycles. The molecule has 130 valence electrons. The van der Waals surface area contributed by atoms with Crippen molar-refractivity contribution in [2.45, 2.75) is 13.3 Å². The normalized spacial score (nSPS) is 11.0. The van der Waals surface area contributed by atoms with E-state index in [0.717, 1.165) is 28.3 Å². The number of aryl methyl sites for hydroxylation is 1. The quantitative estimate of drug-likeness (QED) is 0.503. The van der Waals surface area contributed by atoms with Gasteiger partial charge in [-0.2, -0.15) is 0 Å². The molecule has 0 aliphatic rings. The lowest BCUT2D eigenvalue weighted by atomic mass is 10.1.